The molecule has 0 aromatic carbocycles. The van der Waals surface area contributed by atoms with Crippen LogP contribution in [-0.4, -0.2) is 22.2 Å². The SMILES string of the molecule is CCCCCCCC/C=C/CCCCCCCC(=O)O.CCCCCCCC/C=C/CCCCCCCC(=O)O.[Zn]. The van der Waals surface area contributed by atoms with Crippen LogP contribution in [-0.2, 0) is 29.1 Å². The summed E-state index contributed by atoms with van der Waals surface area (Å²) in [5, 5.41) is 17.0. The van der Waals surface area contributed by atoms with Crippen LogP contribution in [0.2, 0.25) is 0 Å². The maximum absolute atomic E-state index is 10.3. The number of carboxylic acids is 2. The van der Waals surface area contributed by atoms with Gasteiger partial charge in [0.2, 0.25) is 0 Å². The van der Waals surface area contributed by atoms with Gasteiger partial charge in [-0.1, -0.05) is 141 Å². The van der Waals surface area contributed by atoms with Crippen molar-refractivity contribution in [3.05, 3.63) is 24.3 Å². The Morgan fingerprint density at radius 1 is 0.390 bits per heavy atom. The molecule has 0 aliphatic heterocycles. The predicted molar refractivity (Wildman–Crippen MR) is 174 cm³/mol. The number of aliphatic carboxylic acids is 2. The minimum atomic E-state index is -0.664. The summed E-state index contributed by atoms with van der Waals surface area (Å²) in [4.78, 5) is 20.6. The average molecular weight is 630 g/mol. The van der Waals surface area contributed by atoms with Gasteiger partial charge in [-0.05, 0) is 64.2 Å². The van der Waals surface area contributed by atoms with Crippen LogP contribution in [0.3, 0.4) is 0 Å². The third kappa shape index (κ3) is 49.1. The second-order valence-electron chi connectivity index (χ2n) is 11.5. The van der Waals surface area contributed by atoms with Crippen LogP contribution >= 0.6 is 0 Å². The second-order valence-corrected chi connectivity index (χ2v) is 11.5. The largest absolute Gasteiger partial charge is 0.481 e. The van der Waals surface area contributed by atoms with E-state index in [-0.39, 0.29) is 19.5 Å². The number of hydrogen-bond donors (Lipinski definition) is 2. The van der Waals surface area contributed by atoms with E-state index in [1.54, 1.807) is 0 Å². The van der Waals surface area contributed by atoms with Crippen LogP contribution < -0.4 is 0 Å². The van der Waals surface area contributed by atoms with E-state index in [4.69, 9.17) is 10.2 Å². The van der Waals surface area contributed by atoms with Gasteiger partial charge in [-0.25, -0.2) is 0 Å². The van der Waals surface area contributed by atoms with Crippen LogP contribution in [0.5, 0.6) is 0 Å². The molecule has 0 aliphatic rings. The second kappa shape index (κ2) is 41.2. The molecule has 0 saturated heterocycles. The summed E-state index contributed by atoms with van der Waals surface area (Å²) >= 11 is 0. The van der Waals surface area contributed by atoms with Crippen LogP contribution in [0, 0.1) is 0 Å². The summed E-state index contributed by atoms with van der Waals surface area (Å²) in [7, 11) is 0. The van der Waals surface area contributed by atoms with Crippen molar-refractivity contribution in [2.45, 2.75) is 194 Å². The van der Waals surface area contributed by atoms with E-state index in [1.165, 1.54) is 141 Å². The molecule has 0 bridgehead atoms. The Labute approximate surface area is 268 Å². The summed E-state index contributed by atoms with van der Waals surface area (Å²) in [6.07, 6.45) is 42.5. The molecule has 2 N–H and O–H groups in total. The van der Waals surface area contributed by atoms with Gasteiger partial charge in [-0.15, -0.1) is 0 Å². The smallest absolute Gasteiger partial charge is 0.303 e. The van der Waals surface area contributed by atoms with Crippen LogP contribution in [0.4, 0.5) is 0 Å². The number of carboxylic acid groups (broad SMARTS) is 2. The molecule has 4 nitrogen and oxygen atoms in total. The summed E-state index contributed by atoms with van der Waals surface area (Å²) in [5.74, 6) is -1.33. The molecule has 0 amide bonds. The molecule has 0 saturated carbocycles. The standard InChI is InChI=1S/2C18H34O2.Zn/c2*1-2-3-4-5-6-7-8-9-10-11-12-13-14-15-16-17-18(19)20;/h2*9-10H,2-8,11-17H2,1H3,(H,19,20);/b2*10-9+;. The minimum Gasteiger partial charge on any atom is -0.481 e. The zero-order valence-corrected chi connectivity index (χ0v) is 30.5. The van der Waals surface area contributed by atoms with Gasteiger partial charge in [-0.2, -0.15) is 0 Å². The van der Waals surface area contributed by atoms with Gasteiger partial charge in [0.1, 0.15) is 0 Å². The quantitative estimate of drug-likeness (QED) is 0.0471. The summed E-state index contributed by atoms with van der Waals surface area (Å²) < 4.78 is 0. The number of allylic oxidation sites excluding steroid dienone is 4. The number of unbranched alkanes of at least 4 members (excludes halogenated alkanes) is 22. The molecule has 0 unspecified atom stereocenters. The fourth-order valence-corrected chi connectivity index (χ4v) is 4.69. The van der Waals surface area contributed by atoms with Crippen molar-refractivity contribution in [1.29, 1.82) is 0 Å². The fourth-order valence-electron chi connectivity index (χ4n) is 4.69. The van der Waals surface area contributed by atoms with Crippen molar-refractivity contribution in [3.63, 3.8) is 0 Å². The monoisotopic (exact) mass is 628 g/mol. The Morgan fingerprint density at radius 3 is 0.854 bits per heavy atom. The zero-order valence-electron chi connectivity index (χ0n) is 27.5. The van der Waals surface area contributed by atoms with Gasteiger partial charge < -0.3 is 10.2 Å². The third-order valence-electron chi connectivity index (χ3n) is 7.30. The van der Waals surface area contributed by atoms with Gasteiger partial charge in [-0.3, -0.25) is 9.59 Å². The Balaban J connectivity index is -0.000000688. The number of carbonyl (C=O) groups is 2. The van der Waals surface area contributed by atoms with Crippen molar-refractivity contribution in [3.8, 4) is 0 Å². The normalized spacial score (nSPS) is 11.0. The van der Waals surface area contributed by atoms with Crippen molar-refractivity contribution in [2.24, 2.45) is 0 Å². The van der Waals surface area contributed by atoms with E-state index >= 15 is 0 Å². The average Bonchev–Trinajstić information content (AvgIpc) is 2.93. The molecule has 5 heteroatoms. The van der Waals surface area contributed by atoms with Gasteiger partial charge in [0.15, 0.2) is 0 Å². The Bertz CT molecular complexity index is 524. The number of rotatable bonds is 30. The first-order chi connectivity index (χ1) is 19.5. The molecule has 0 heterocycles. The summed E-state index contributed by atoms with van der Waals surface area (Å²) in [6.45, 7) is 4.52. The minimum absolute atomic E-state index is 0. The Hall–Kier alpha value is -0.957. The molecule has 238 valence electrons. The molecule has 0 rings (SSSR count). The van der Waals surface area contributed by atoms with Crippen molar-refractivity contribution in [2.75, 3.05) is 0 Å². The summed E-state index contributed by atoms with van der Waals surface area (Å²) in [5.41, 5.74) is 0. The van der Waals surface area contributed by atoms with E-state index in [0.717, 1.165) is 25.7 Å². The van der Waals surface area contributed by atoms with Gasteiger partial charge in [0.25, 0.3) is 0 Å². The molecule has 0 atom stereocenters. The van der Waals surface area contributed by atoms with E-state index in [2.05, 4.69) is 38.2 Å². The van der Waals surface area contributed by atoms with Crippen molar-refractivity contribution < 1.29 is 39.3 Å². The van der Waals surface area contributed by atoms with Crippen LogP contribution in [0.15, 0.2) is 24.3 Å². The topological polar surface area (TPSA) is 74.6 Å². The van der Waals surface area contributed by atoms with Crippen molar-refractivity contribution in [1.82, 2.24) is 0 Å². The Kier molecular flexibility index (Phi) is 44.7. The Morgan fingerprint density at radius 2 is 0.610 bits per heavy atom. The third-order valence-corrected chi connectivity index (χ3v) is 7.30. The zero-order chi connectivity index (χ0) is 29.8. The first-order valence-electron chi connectivity index (χ1n) is 17.3. The van der Waals surface area contributed by atoms with Gasteiger partial charge in [0, 0.05) is 32.3 Å². The molecule has 41 heavy (non-hydrogen) atoms. The maximum Gasteiger partial charge on any atom is 0.303 e. The predicted octanol–water partition coefficient (Wildman–Crippen LogP) is 12.2. The van der Waals surface area contributed by atoms with Crippen molar-refractivity contribution >= 4 is 11.9 Å². The molecule has 0 spiro atoms. The molecule has 0 fully saturated rings. The molecule has 0 aliphatic carbocycles. The molecular formula is C36H68O4Zn. The first-order valence-corrected chi connectivity index (χ1v) is 17.3. The van der Waals surface area contributed by atoms with Crippen LogP contribution in [0.1, 0.15) is 194 Å². The molecule has 0 radical (unpaired) electrons. The first kappa shape index (κ1) is 44.5. The van der Waals surface area contributed by atoms with Gasteiger partial charge >= 0.3 is 11.9 Å². The van der Waals surface area contributed by atoms with E-state index in [1.807, 2.05) is 0 Å². The fraction of sp³-hybridized carbons (Fsp3) is 0.833. The van der Waals surface area contributed by atoms with E-state index in [0.29, 0.717) is 12.8 Å². The molecule has 0 aromatic heterocycles. The van der Waals surface area contributed by atoms with Gasteiger partial charge in [0.05, 0.1) is 0 Å². The molecular weight excluding hydrogens is 562 g/mol. The maximum atomic E-state index is 10.3. The van der Waals surface area contributed by atoms with E-state index < -0.39 is 11.9 Å². The number of hydrogen-bond acceptors (Lipinski definition) is 2. The van der Waals surface area contributed by atoms with Crippen LogP contribution in [0.25, 0.3) is 0 Å². The summed E-state index contributed by atoms with van der Waals surface area (Å²) in [6, 6.07) is 0. The van der Waals surface area contributed by atoms with E-state index in [9.17, 15) is 9.59 Å². The molecule has 0 aromatic rings.